The summed E-state index contributed by atoms with van der Waals surface area (Å²) in [5, 5.41) is 0. The molecule has 2 aromatic heterocycles. The standard InChI is InChI=1S/C16H20N4O2/c1-12-13(20-8-3-7-17-15(20)18-12)14(21)19-9-5-16(6-10-19)4-2-11-22-16/h3,7-8H,2,4-6,9-11H2,1H3. The van der Waals surface area contributed by atoms with Crippen LogP contribution < -0.4 is 0 Å². The van der Waals surface area contributed by atoms with Crippen molar-refractivity contribution in [3.8, 4) is 0 Å². The Morgan fingerprint density at radius 2 is 2.14 bits per heavy atom. The van der Waals surface area contributed by atoms with Gasteiger partial charge >= 0.3 is 0 Å². The normalized spacial score (nSPS) is 20.9. The summed E-state index contributed by atoms with van der Waals surface area (Å²) in [5.74, 6) is 0.627. The zero-order valence-electron chi connectivity index (χ0n) is 12.8. The van der Waals surface area contributed by atoms with E-state index in [0.717, 1.165) is 51.1 Å². The van der Waals surface area contributed by atoms with Crippen molar-refractivity contribution in [2.45, 2.75) is 38.2 Å². The van der Waals surface area contributed by atoms with Crippen molar-refractivity contribution in [1.29, 1.82) is 0 Å². The van der Waals surface area contributed by atoms with Gasteiger partial charge in [0.1, 0.15) is 5.69 Å². The number of likely N-dealkylation sites (tertiary alicyclic amines) is 1. The van der Waals surface area contributed by atoms with E-state index in [2.05, 4.69) is 9.97 Å². The van der Waals surface area contributed by atoms with Crippen LogP contribution in [0.3, 0.4) is 0 Å². The monoisotopic (exact) mass is 300 g/mol. The zero-order chi connectivity index (χ0) is 15.2. The molecular weight excluding hydrogens is 280 g/mol. The van der Waals surface area contributed by atoms with Gasteiger partial charge in [0, 0.05) is 32.1 Å². The molecule has 4 heterocycles. The number of hydrogen-bond acceptors (Lipinski definition) is 4. The molecule has 2 saturated heterocycles. The molecule has 2 aromatic rings. The predicted molar refractivity (Wildman–Crippen MR) is 80.8 cm³/mol. The van der Waals surface area contributed by atoms with Gasteiger partial charge in [0.15, 0.2) is 0 Å². The summed E-state index contributed by atoms with van der Waals surface area (Å²) in [6.45, 7) is 4.25. The topological polar surface area (TPSA) is 59.7 Å². The van der Waals surface area contributed by atoms with E-state index in [0.29, 0.717) is 11.5 Å². The molecule has 0 bridgehead atoms. The second-order valence-electron chi connectivity index (χ2n) is 6.26. The number of carbonyl (C=O) groups excluding carboxylic acids is 1. The first-order chi connectivity index (χ1) is 10.7. The fourth-order valence-electron chi connectivity index (χ4n) is 3.67. The number of imidazole rings is 1. The molecule has 22 heavy (non-hydrogen) atoms. The van der Waals surface area contributed by atoms with E-state index in [9.17, 15) is 4.79 Å². The zero-order valence-corrected chi connectivity index (χ0v) is 12.8. The molecular formula is C16H20N4O2. The van der Waals surface area contributed by atoms with Crippen LogP contribution in [0, 0.1) is 6.92 Å². The Balaban J connectivity index is 1.58. The number of hydrogen-bond donors (Lipinski definition) is 0. The number of fused-ring (bicyclic) bond motifs is 1. The highest BCUT2D eigenvalue weighted by molar-refractivity contribution is 5.94. The van der Waals surface area contributed by atoms with Crippen LogP contribution in [0.25, 0.3) is 5.78 Å². The molecule has 2 aliphatic heterocycles. The van der Waals surface area contributed by atoms with Gasteiger partial charge in [-0.2, -0.15) is 0 Å². The van der Waals surface area contributed by atoms with E-state index in [1.54, 1.807) is 10.6 Å². The van der Waals surface area contributed by atoms with Crippen molar-refractivity contribution >= 4 is 11.7 Å². The second-order valence-corrected chi connectivity index (χ2v) is 6.26. The molecule has 1 spiro atoms. The summed E-state index contributed by atoms with van der Waals surface area (Å²) >= 11 is 0. The fraction of sp³-hybridized carbons (Fsp3) is 0.562. The highest BCUT2D eigenvalue weighted by Gasteiger charge is 2.40. The fourth-order valence-corrected chi connectivity index (χ4v) is 3.67. The maximum atomic E-state index is 12.9. The Kier molecular flexibility index (Phi) is 3.14. The molecule has 0 unspecified atom stereocenters. The number of aryl methyl sites for hydroxylation is 1. The summed E-state index contributed by atoms with van der Waals surface area (Å²) < 4.78 is 7.71. The summed E-state index contributed by atoms with van der Waals surface area (Å²) in [6.07, 6.45) is 7.69. The number of rotatable bonds is 1. The van der Waals surface area contributed by atoms with E-state index in [-0.39, 0.29) is 11.5 Å². The molecule has 2 aliphatic rings. The second kappa shape index (κ2) is 5.05. The highest BCUT2D eigenvalue weighted by Crippen LogP contribution is 2.36. The maximum Gasteiger partial charge on any atom is 0.272 e. The molecule has 6 nitrogen and oxygen atoms in total. The van der Waals surface area contributed by atoms with Crippen molar-refractivity contribution < 1.29 is 9.53 Å². The van der Waals surface area contributed by atoms with Crippen LogP contribution in [-0.2, 0) is 4.74 Å². The van der Waals surface area contributed by atoms with E-state index >= 15 is 0 Å². The van der Waals surface area contributed by atoms with Crippen molar-refractivity contribution in [3.05, 3.63) is 29.8 Å². The molecule has 4 rings (SSSR count). The molecule has 0 radical (unpaired) electrons. The van der Waals surface area contributed by atoms with Crippen LogP contribution in [0.1, 0.15) is 41.9 Å². The molecule has 0 N–H and O–H groups in total. The lowest BCUT2D eigenvalue weighted by atomic mass is 9.88. The third-order valence-electron chi connectivity index (χ3n) is 4.93. The number of aromatic nitrogens is 3. The van der Waals surface area contributed by atoms with Gasteiger partial charge in [0.2, 0.25) is 5.78 Å². The van der Waals surface area contributed by atoms with Gasteiger partial charge in [-0.25, -0.2) is 9.97 Å². The molecule has 116 valence electrons. The quantitative estimate of drug-likeness (QED) is 0.806. The molecule has 0 atom stereocenters. The molecule has 6 heteroatoms. The van der Waals surface area contributed by atoms with Gasteiger partial charge in [0.25, 0.3) is 5.91 Å². The number of piperidine rings is 1. The number of carbonyl (C=O) groups is 1. The van der Waals surface area contributed by atoms with E-state index in [1.165, 1.54) is 0 Å². The Hall–Kier alpha value is -1.95. The number of amides is 1. The maximum absolute atomic E-state index is 12.9. The average molecular weight is 300 g/mol. The number of nitrogens with zero attached hydrogens (tertiary/aromatic N) is 4. The van der Waals surface area contributed by atoms with Crippen molar-refractivity contribution in [3.63, 3.8) is 0 Å². The Morgan fingerprint density at radius 1 is 1.32 bits per heavy atom. The van der Waals surface area contributed by atoms with Crippen LogP contribution in [0.15, 0.2) is 18.5 Å². The summed E-state index contributed by atoms with van der Waals surface area (Å²) in [4.78, 5) is 23.4. The van der Waals surface area contributed by atoms with E-state index in [4.69, 9.17) is 4.74 Å². The minimum atomic E-state index is 0.0346. The first-order valence-corrected chi connectivity index (χ1v) is 7.91. The summed E-state index contributed by atoms with van der Waals surface area (Å²) in [7, 11) is 0. The van der Waals surface area contributed by atoms with Gasteiger partial charge < -0.3 is 9.64 Å². The van der Waals surface area contributed by atoms with Gasteiger partial charge in [0.05, 0.1) is 11.3 Å². The first-order valence-electron chi connectivity index (χ1n) is 7.91. The molecule has 0 saturated carbocycles. The Bertz CT molecular complexity index is 708. The van der Waals surface area contributed by atoms with Crippen molar-refractivity contribution in [2.75, 3.05) is 19.7 Å². The lowest BCUT2D eigenvalue weighted by Crippen LogP contribution is -2.46. The first kappa shape index (κ1) is 13.7. The smallest absolute Gasteiger partial charge is 0.272 e. The molecule has 2 fully saturated rings. The lowest BCUT2D eigenvalue weighted by molar-refractivity contribution is -0.0388. The molecule has 1 amide bonds. The van der Waals surface area contributed by atoms with Crippen LogP contribution in [0.2, 0.25) is 0 Å². The Labute approximate surface area is 129 Å². The SMILES string of the molecule is Cc1nc2ncccn2c1C(=O)N1CCC2(CCCO2)CC1. The van der Waals surface area contributed by atoms with Gasteiger partial charge in [-0.05, 0) is 38.7 Å². The minimum absolute atomic E-state index is 0.0346. The minimum Gasteiger partial charge on any atom is -0.375 e. The lowest BCUT2D eigenvalue weighted by Gasteiger charge is -2.38. The molecule has 0 aromatic carbocycles. The number of ether oxygens (including phenoxy) is 1. The van der Waals surface area contributed by atoms with Crippen LogP contribution >= 0.6 is 0 Å². The average Bonchev–Trinajstić information content (AvgIpc) is 3.11. The molecule has 0 aliphatic carbocycles. The van der Waals surface area contributed by atoms with Crippen LogP contribution in [-0.4, -0.2) is 50.5 Å². The summed E-state index contributed by atoms with van der Waals surface area (Å²) in [5.41, 5.74) is 1.40. The van der Waals surface area contributed by atoms with Gasteiger partial charge in [-0.15, -0.1) is 0 Å². The van der Waals surface area contributed by atoms with Crippen molar-refractivity contribution in [1.82, 2.24) is 19.3 Å². The van der Waals surface area contributed by atoms with E-state index < -0.39 is 0 Å². The Morgan fingerprint density at radius 3 is 2.86 bits per heavy atom. The van der Waals surface area contributed by atoms with Crippen LogP contribution in [0.5, 0.6) is 0 Å². The van der Waals surface area contributed by atoms with Crippen LogP contribution in [0.4, 0.5) is 0 Å². The predicted octanol–water partition coefficient (Wildman–Crippen LogP) is 1.82. The van der Waals surface area contributed by atoms with Gasteiger partial charge in [-0.1, -0.05) is 0 Å². The van der Waals surface area contributed by atoms with Gasteiger partial charge in [-0.3, -0.25) is 9.20 Å². The summed E-state index contributed by atoms with van der Waals surface area (Å²) in [6, 6.07) is 1.82. The van der Waals surface area contributed by atoms with Crippen molar-refractivity contribution in [2.24, 2.45) is 0 Å². The van der Waals surface area contributed by atoms with E-state index in [1.807, 2.05) is 24.1 Å². The highest BCUT2D eigenvalue weighted by atomic mass is 16.5. The third-order valence-corrected chi connectivity index (χ3v) is 4.93. The largest absolute Gasteiger partial charge is 0.375 e. The third kappa shape index (κ3) is 2.09.